The Labute approximate surface area is 138 Å². The maximum atomic E-state index is 12.4. The fourth-order valence-corrected chi connectivity index (χ4v) is 2.50. The predicted molar refractivity (Wildman–Crippen MR) is 88.7 cm³/mol. The molecule has 1 atom stereocenters. The molecule has 5 nitrogen and oxygen atoms in total. The van der Waals surface area contributed by atoms with Crippen molar-refractivity contribution in [3.05, 3.63) is 29.8 Å². The summed E-state index contributed by atoms with van der Waals surface area (Å²) in [6.07, 6.45) is 1.83. The van der Waals surface area contributed by atoms with Gasteiger partial charge in [-0.15, -0.1) is 12.4 Å². The fourth-order valence-electron chi connectivity index (χ4n) is 2.50. The number of nitrogens with zero attached hydrogens (tertiary/aromatic N) is 1. The van der Waals surface area contributed by atoms with Gasteiger partial charge in [-0.1, -0.05) is 6.07 Å². The third kappa shape index (κ3) is 5.16. The molecule has 124 valence electrons. The van der Waals surface area contributed by atoms with Crippen molar-refractivity contribution in [3.8, 4) is 5.75 Å². The van der Waals surface area contributed by atoms with Crippen molar-refractivity contribution in [2.45, 2.75) is 12.8 Å². The van der Waals surface area contributed by atoms with Crippen LogP contribution in [0.5, 0.6) is 5.75 Å². The van der Waals surface area contributed by atoms with E-state index >= 15 is 0 Å². The van der Waals surface area contributed by atoms with Gasteiger partial charge in [0, 0.05) is 38.8 Å². The monoisotopic (exact) mass is 328 g/mol. The summed E-state index contributed by atoms with van der Waals surface area (Å²) >= 11 is 0. The van der Waals surface area contributed by atoms with Crippen LogP contribution in [0.25, 0.3) is 0 Å². The van der Waals surface area contributed by atoms with Gasteiger partial charge in [-0.2, -0.15) is 0 Å². The second-order valence-electron chi connectivity index (χ2n) is 5.36. The van der Waals surface area contributed by atoms with Gasteiger partial charge < -0.3 is 20.1 Å². The summed E-state index contributed by atoms with van der Waals surface area (Å²) in [5.41, 5.74) is 6.35. The van der Waals surface area contributed by atoms with Crippen molar-refractivity contribution in [1.82, 2.24) is 4.90 Å². The molecule has 1 aromatic carbocycles. The number of carbonyl (C=O) groups is 1. The van der Waals surface area contributed by atoms with Gasteiger partial charge in [-0.05, 0) is 37.1 Å². The number of hydrogen-bond donors (Lipinski definition) is 1. The van der Waals surface area contributed by atoms with E-state index in [9.17, 15) is 4.79 Å². The number of likely N-dealkylation sites (tertiary alicyclic amines) is 1. The van der Waals surface area contributed by atoms with Gasteiger partial charge in [0.25, 0.3) is 5.91 Å². The van der Waals surface area contributed by atoms with Crippen LogP contribution < -0.4 is 10.5 Å². The van der Waals surface area contributed by atoms with Crippen LogP contribution in [0.2, 0.25) is 0 Å². The Kier molecular flexibility index (Phi) is 8.24. The first-order chi connectivity index (χ1) is 10.2. The van der Waals surface area contributed by atoms with Crippen LogP contribution in [0.4, 0.5) is 0 Å². The number of nitrogens with two attached hydrogens (primary N) is 1. The van der Waals surface area contributed by atoms with Crippen LogP contribution in [-0.4, -0.2) is 50.8 Å². The van der Waals surface area contributed by atoms with Crippen LogP contribution >= 0.6 is 12.4 Å². The largest absolute Gasteiger partial charge is 0.493 e. The average molecular weight is 329 g/mol. The van der Waals surface area contributed by atoms with E-state index < -0.39 is 0 Å². The Morgan fingerprint density at radius 2 is 2.23 bits per heavy atom. The summed E-state index contributed by atoms with van der Waals surface area (Å²) in [7, 11) is 1.67. The van der Waals surface area contributed by atoms with E-state index in [1.807, 2.05) is 29.2 Å². The first-order valence-electron chi connectivity index (χ1n) is 7.45. The summed E-state index contributed by atoms with van der Waals surface area (Å²) in [5, 5.41) is 0. The maximum absolute atomic E-state index is 12.4. The highest BCUT2D eigenvalue weighted by atomic mass is 35.5. The van der Waals surface area contributed by atoms with E-state index in [0.29, 0.717) is 31.2 Å². The van der Waals surface area contributed by atoms with Crippen molar-refractivity contribution >= 4 is 18.3 Å². The second-order valence-corrected chi connectivity index (χ2v) is 5.36. The van der Waals surface area contributed by atoms with Crippen molar-refractivity contribution in [1.29, 1.82) is 0 Å². The fraction of sp³-hybridized carbons (Fsp3) is 0.562. The molecular weight excluding hydrogens is 304 g/mol. The van der Waals surface area contributed by atoms with Crippen LogP contribution in [0.3, 0.4) is 0 Å². The van der Waals surface area contributed by atoms with Crippen LogP contribution in [-0.2, 0) is 4.74 Å². The SMILES string of the molecule is COCCCOc1cccc(C(=O)N2CCC(CN)C2)c1.Cl. The minimum atomic E-state index is 0. The molecule has 1 amide bonds. The third-order valence-electron chi connectivity index (χ3n) is 3.75. The van der Waals surface area contributed by atoms with Crippen molar-refractivity contribution in [3.63, 3.8) is 0 Å². The molecule has 1 aliphatic rings. The van der Waals surface area contributed by atoms with Crippen molar-refractivity contribution in [2.24, 2.45) is 11.7 Å². The van der Waals surface area contributed by atoms with E-state index in [1.54, 1.807) is 7.11 Å². The summed E-state index contributed by atoms with van der Waals surface area (Å²) in [5.74, 6) is 1.22. The van der Waals surface area contributed by atoms with Gasteiger partial charge >= 0.3 is 0 Å². The smallest absolute Gasteiger partial charge is 0.253 e. The minimum absolute atomic E-state index is 0. The first kappa shape index (κ1) is 18.7. The second kappa shape index (κ2) is 9.66. The lowest BCUT2D eigenvalue weighted by Gasteiger charge is -2.17. The average Bonchev–Trinajstić information content (AvgIpc) is 3.00. The Balaban J connectivity index is 0.00000242. The van der Waals surface area contributed by atoms with E-state index in [2.05, 4.69) is 0 Å². The lowest BCUT2D eigenvalue weighted by Crippen LogP contribution is -2.29. The molecule has 2 rings (SSSR count). The Morgan fingerprint density at radius 1 is 1.41 bits per heavy atom. The molecule has 0 aliphatic carbocycles. The maximum Gasteiger partial charge on any atom is 0.253 e. The highest BCUT2D eigenvalue weighted by Gasteiger charge is 2.26. The molecule has 0 saturated carbocycles. The summed E-state index contributed by atoms with van der Waals surface area (Å²) in [6, 6.07) is 7.37. The van der Waals surface area contributed by atoms with Crippen LogP contribution in [0, 0.1) is 5.92 Å². The third-order valence-corrected chi connectivity index (χ3v) is 3.75. The van der Waals surface area contributed by atoms with E-state index in [0.717, 1.165) is 31.7 Å². The molecule has 1 fully saturated rings. The molecule has 6 heteroatoms. The molecule has 1 aliphatic heterocycles. The zero-order valence-corrected chi connectivity index (χ0v) is 13.8. The molecule has 1 saturated heterocycles. The molecule has 2 N–H and O–H groups in total. The van der Waals surface area contributed by atoms with Crippen LogP contribution in [0.1, 0.15) is 23.2 Å². The minimum Gasteiger partial charge on any atom is -0.493 e. The van der Waals surface area contributed by atoms with Crippen LogP contribution in [0.15, 0.2) is 24.3 Å². The number of halogens is 1. The van der Waals surface area contributed by atoms with E-state index in [4.69, 9.17) is 15.2 Å². The van der Waals surface area contributed by atoms with Gasteiger partial charge in [-0.3, -0.25) is 4.79 Å². The molecule has 1 aromatic rings. The van der Waals surface area contributed by atoms with E-state index in [1.165, 1.54) is 0 Å². The zero-order chi connectivity index (χ0) is 15.1. The predicted octanol–water partition coefficient (Wildman–Crippen LogP) is 1.94. The lowest BCUT2D eigenvalue weighted by atomic mass is 10.1. The Hall–Kier alpha value is -1.30. The number of rotatable bonds is 7. The summed E-state index contributed by atoms with van der Waals surface area (Å²) in [6.45, 7) is 3.46. The Morgan fingerprint density at radius 3 is 2.91 bits per heavy atom. The van der Waals surface area contributed by atoms with Crippen molar-refractivity contribution < 1.29 is 14.3 Å². The molecule has 0 aromatic heterocycles. The van der Waals surface area contributed by atoms with Gasteiger partial charge in [0.15, 0.2) is 0 Å². The van der Waals surface area contributed by atoms with Gasteiger partial charge in [0.05, 0.1) is 6.61 Å². The number of hydrogen-bond acceptors (Lipinski definition) is 4. The lowest BCUT2D eigenvalue weighted by molar-refractivity contribution is 0.0787. The molecule has 0 bridgehead atoms. The molecule has 1 unspecified atom stereocenters. The summed E-state index contributed by atoms with van der Waals surface area (Å²) in [4.78, 5) is 14.3. The van der Waals surface area contributed by atoms with Crippen molar-refractivity contribution in [2.75, 3.05) is 40.0 Å². The molecule has 0 spiro atoms. The molecule has 22 heavy (non-hydrogen) atoms. The highest BCUT2D eigenvalue weighted by molar-refractivity contribution is 5.94. The molecule has 1 heterocycles. The number of methoxy groups -OCH3 is 1. The quantitative estimate of drug-likeness (QED) is 0.777. The molecule has 0 radical (unpaired) electrons. The number of ether oxygens (including phenoxy) is 2. The van der Waals surface area contributed by atoms with Gasteiger partial charge in [0.1, 0.15) is 5.75 Å². The summed E-state index contributed by atoms with van der Waals surface area (Å²) < 4.78 is 10.6. The Bertz CT molecular complexity index is 470. The number of carbonyl (C=O) groups excluding carboxylic acids is 1. The molecular formula is C16H25ClN2O3. The standard InChI is InChI=1S/C16H24N2O3.ClH/c1-20-8-3-9-21-15-5-2-4-14(10-15)16(19)18-7-6-13(11-17)12-18;/h2,4-5,10,13H,3,6-9,11-12,17H2,1H3;1H. The number of benzene rings is 1. The number of amides is 1. The van der Waals surface area contributed by atoms with E-state index in [-0.39, 0.29) is 18.3 Å². The normalized spacial score (nSPS) is 17.2. The topological polar surface area (TPSA) is 64.8 Å². The highest BCUT2D eigenvalue weighted by Crippen LogP contribution is 2.20. The van der Waals surface area contributed by atoms with Gasteiger partial charge in [-0.25, -0.2) is 0 Å². The first-order valence-corrected chi connectivity index (χ1v) is 7.45. The zero-order valence-electron chi connectivity index (χ0n) is 13.0. The van der Waals surface area contributed by atoms with Gasteiger partial charge in [0.2, 0.25) is 0 Å².